The standard InChI is InChI=1S/C16H26N2O2/c1-3-12-14(19)17-11-6-5-8-13(17)15(20)18(12)16(4-2)9-7-10-16/h12-13H,3-11H2,1-2H3. The first-order valence-electron chi connectivity index (χ1n) is 8.28. The van der Waals surface area contributed by atoms with E-state index in [1.165, 1.54) is 6.42 Å². The molecule has 20 heavy (non-hydrogen) atoms. The fourth-order valence-corrected chi connectivity index (χ4v) is 4.34. The number of hydrogen-bond donors (Lipinski definition) is 0. The van der Waals surface area contributed by atoms with Gasteiger partial charge in [-0.1, -0.05) is 13.8 Å². The van der Waals surface area contributed by atoms with Crippen LogP contribution in [0.1, 0.15) is 65.2 Å². The molecule has 3 aliphatic rings. The smallest absolute Gasteiger partial charge is 0.246 e. The first kappa shape index (κ1) is 13.9. The number of piperazine rings is 1. The third-order valence-electron chi connectivity index (χ3n) is 5.75. The second-order valence-corrected chi connectivity index (χ2v) is 6.61. The van der Waals surface area contributed by atoms with Crippen LogP contribution in [0.3, 0.4) is 0 Å². The van der Waals surface area contributed by atoms with Gasteiger partial charge in [0.2, 0.25) is 11.8 Å². The molecule has 1 aliphatic carbocycles. The van der Waals surface area contributed by atoms with Crippen LogP contribution in [0.25, 0.3) is 0 Å². The molecule has 0 radical (unpaired) electrons. The van der Waals surface area contributed by atoms with Crippen LogP contribution < -0.4 is 0 Å². The lowest BCUT2D eigenvalue weighted by molar-refractivity contribution is -0.176. The molecule has 0 aromatic rings. The van der Waals surface area contributed by atoms with Gasteiger partial charge in [0, 0.05) is 12.1 Å². The average Bonchev–Trinajstić information content (AvgIpc) is 2.44. The number of piperidine rings is 1. The lowest BCUT2D eigenvalue weighted by Crippen LogP contribution is -2.72. The zero-order chi connectivity index (χ0) is 14.3. The lowest BCUT2D eigenvalue weighted by atomic mass is 9.71. The highest BCUT2D eigenvalue weighted by Crippen LogP contribution is 2.44. The van der Waals surface area contributed by atoms with Crippen molar-refractivity contribution in [2.24, 2.45) is 0 Å². The number of fused-ring (bicyclic) bond motifs is 1. The molecule has 112 valence electrons. The zero-order valence-electron chi connectivity index (χ0n) is 12.7. The molecule has 2 unspecified atom stereocenters. The molecule has 0 bridgehead atoms. The van der Waals surface area contributed by atoms with Crippen molar-refractivity contribution in [1.82, 2.24) is 9.80 Å². The monoisotopic (exact) mass is 278 g/mol. The highest BCUT2D eigenvalue weighted by atomic mass is 16.2. The van der Waals surface area contributed by atoms with Crippen molar-refractivity contribution in [2.75, 3.05) is 6.54 Å². The molecule has 4 heteroatoms. The zero-order valence-corrected chi connectivity index (χ0v) is 12.7. The van der Waals surface area contributed by atoms with Crippen LogP contribution in [-0.2, 0) is 9.59 Å². The van der Waals surface area contributed by atoms with E-state index in [0.717, 1.165) is 51.5 Å². The molecule has 0 N–H and O–H groups in total. The van der Waals surface area contributed by atoms with Gasteiger partial charge < -0.3 is 9.80 Å². The van der Waals surface area contributed by atoms with E-state index in [2.05, 4.69) is 6.92 Å². The molecule has 0 aromatic carbocycles. The number of carbonyl (C=O) groups excluding carboxylic acids is 2. The van der Waals surface area contributed by atoms with E-state index in [0.29, 0.717) is 0 Å². The summed E-state index contributed by atoms with van der Waals surface area (Å²) in [6, 6.07) is -0.375. The number of amides is 2. The summed E-state index contributed by atoms with van der Waals surface area (Å²) in [5.41, 5.74) is -0.0169. The van der Waals surface area contributed by atoms with E-state index < -0.39 is 0 Å². The predicted molar refractivity (Wildman–Crippen MR) is 77.2 cm³/mol. The summed E-state index contributed by atoms with van der Waals surface area (Å²) in [5, 5.41) is 0. The Labute approximate surface area is 121 Å². The molecule has 0 aromatic heterocycles. The van der Waals surface area contributed by atoms with Gasteiger partial charge in [-0.15, -0.1) is 0 Å². The quantitative estimate of drug-likeness (QED) is 0.795. The van der Waals surface area contributed by atoms with Crippen molar-refractivity contribution < 1.29 is 9.59 Å². The van der Waals surface area contributed by atoms with Gasteiger partial charge in [-0.25, -0.2) is 0 Å². The lowest BCUT2D eigenvalue weighted by Gasteiger charge is -2.57. The Morgan fingerprint density at radius 2 is 1.85 bits per heavy atom. The van der Waals surface area contributed by atoms with Gasteiger partial charge in [-0.3, -0.25) is 9.59 Å². The maximum absolute atomic E-state index is 13.0. The highest BCUT2D eigenvalue weighted by molar-refractivity contribution is 5.97. The van der Waals surface area contributed by atoms with Gasteiger partial charge in [-0.2, -0.15) is 0 Å². The molecular formula is C16H26N2O2. The predicted octanol–water partition coefficient (Wildman–Crippen LogP) is 2.32. The minimum Gasteiger partial charge on any atom is -0.329 e. The summed E-state index contributed by atoms with van der Waals surface area (Å²) in [6.07, 6.45) is 8.05. The molecule has 2 aliphatic heterocycles. The summed E-state index contributed by atoms with van der Waals surface area (Å²) in [4.78, 5) is 29.7. The van der Waals surface area contributed by atoms with Crippen LogP contribution in [0.2, 0.25) is 0 Å². The van der Waals surface area contributed by atoms with Crippen LogP contribution >= 0.6 is 0 Å². The molecule has 2 heterocycles. The summed E-state index contributed by atoms with van der Waals surface area (Å²) in [7, 11) is 0. The Morgan fingerprint density at radius 1 is 1.10 bits per heavy atom. The first-order valence-corrected chi connectivity index (χ1v) is 8.28. The Kier molecular flexibility index (Phi) is 3.51. The molecule has 1 saturated carbocycles. The summed E-state index contributed by atoms with van der Waals surface area (Å²) in [6.45, 7) is 4.98. The SMILES string of the molecule is CCC1C(=O)N2CCCCC2C(=O)N1C1(CC)CCC1. The third-order valence-corrected chi connectivity index (χ3v) is 5.75. The molecule has 2 amide bonds. The van der Waals surface area contributed by atoms with Crippen molar-refractivity contribution in [1.29, 1.82) is 0 Å². The molecule has 2 atom stereocenters. The number of carbonyl (C=O) groups is 2. The second-order valence-electron chi connectivity index (χ2n) is 6.61. The number of rotatable bonds is 3. The van der Waals surface area contributed by atoms with E-state index in [1.807, 2.05) is 16.7 Å². The fourth-order valence-electron chi connectivity index (χ4n) is 4.34. The van der Waals surface area contributed by atoms with Crippen molar-refractivity contribution in [2.45, 2.75) is 82.8 Å². The van der Waals surface area contributed by atoms with Gasteiger partial charge in [0.15, 0.2) is 0 Å². The summed E-state index contributed by atoms with van der Waals surface area (Å²) < 4.78 is 0. The van der Waals surface area contributed by atoms with Crippen molar-refractivity contribution in [3.63, 3.8) is 0 Å². The van der Waals surface area contributed by atoms with E-state index in [-0.39, 0.29) is 29.4 Å². The van der Waals surface area contributed by atoms with Gasteiger partial charge in [0.1, 0.15) is 12.1 Å². The Hall–Kier alpha value is -1.06. The van der Waals surface area contributed by atoms with Gasteiger partial charge in [0.05, 0.1) is 0 Å². The van der Waals surface area contributed by atoms with Crippen LogP contribution in [0.15, 0.2) is 0 Å². The topological polar surface area (TPSA) is 40.6 Å². The largest absolute Gasteiger partial charge is 0.329 e. The molecule has 0 spiro atoms. The summed E-state index contributed by atoms with van der Waals surface area (Å²) >= 11 is 0. The van der Waals surface area contributed by atoms with E-state index >= 15 is 0 Å². The normalized spacial score (nSPS) is 32.9. The second kappa shape index (κ2) is 5.05. The Bertz CT molecular complexity index is 411. The molecule has 3 fully saturated rings. The maximum Gasteiger partial charge on any atom is 0.246 e. The van der Waals surface area contributed by atoms with Crippen LogP contribution in [0, 0.1) is 0 Å². The Morgan fingerprint density at radius 3 is 2.40 bits per heavy atom. The minimum absolute atomic E-state index is 0.0169. The van der Waals surface area contributed by atoms with Crippen LogP contribution in [0.5, 0.6) is 0 Å². The van der Waals surface area contributed by atoms with Crippen molar-refractivity contribution in [3.8, 4) is 0 Å². The van der Waals surface area contributed by atoms with Gasteiger partial charge in [0.25, 0.3) is 0 Å². The van der Waals surface area contributed by atoms with Crippen molar-refractivity contribution >= 4 is 11.8 Å². The molecule has 4 nitrogen and oxygen atoms in total. The fraction of sp³-hybridized carbons (Fsp3) is 0.875. The van der Waals surface area contributed by atoms with Crippen LogP contribution in [-0.4, -0.2) is 45.8 Å². The van der Waals surface area contributed by atoms with Gasteiger partial charge >= 0.3 is 0 Å². The Balaban J connectivity index is 1.95. The average molecular weight is 278 g/mol. The minimum atomic E-state index is -0.211. The summed E-state index contributed by atoms with van der Waals surface area (Å²) in [5.74, 6) is 0.439. The van der Waals surface area contributed by atoms with Crippen LogP contribution in [0.4, 0.5) is 0 Å². The molecular weight excluding hydrogens is 252 g/mol. The number of hydrogen-bond acceptors (Lipinski definition) is 2. The maximum atomic E-state index is 13.0. The van der Waals surface area contributed by atoms with E-state index in [9.17, 15) is 9.59 Å². The van der Waals surface area contributed by atoms with Crippen molar-refractivity contribution in [3.05, 3.63) is 0 Å². The highest BCUT2D eigenvalue weighted by Gasteiger charge is 2.54. The third kappa shape index (κ3) is 1.80. The number of nitrogens with zero attached hydrogens (tertiary/aromatic N) is 2. The van der Waals surface area contributed by atoms with E-state index in [4.69, 9.17) is 0 Å². The molecule has 2 saturated heterocycles. The van der Waals surface area contributed by atoms with Gasteiger partial charge in [-0.05, 0) is 51.4 Å². The molecule has 3 rings (SSSR count). The first-order chi connectivity index (χ1) is 9.64. The van der Waals surface area contributed by atoms with E-state index in [1.54, 1.807) is 0 Å².